The SMILES string of the molecule is COCCN1C[C@H](Cc2ccc3[nH]ccc(=O)c3c2)CC1=O. The van der Waals surface area contributed by atoms with Crippen molar-refractivity contribution < 1.29 is 9.53 Å². The molecule has 1 N–H and O–H groups in total. The zero-order valence-corrected chi connectivity index (χ0v) is 12.7. The van der Waals surface area contributed by atoms with E-state index in [1.54, 1.807) is 13.3 Å². The normalized spacial score (nSPS) is 18.3. The number of hydrogen-bond donors (Lipinski definition) is 1. The van der Waals surface area contributed by atoms with Crippen LogP contribution < -0.4 is 5.43 Å². The molecule has 1 aromatic heterocycles. The molecule has 0 spiro atoms. The van der Waals surface area contributed by atoms with Gasteiger partial charge in [0.15, 0.2) is 5.43 Å². The van der Waals surface area contributed by atoms with Crippen LogP contribution in [0.2, 0.25) is 0 Å². The average molecular weight is 300 g/mol. The van der Waals surface area contributed by atoms with Crippen molar-refractivity contribution in [2.45, 2.75) is 12.8 Å². The third-order valence-corrected chi connectivity index (χ3v) is 4.21. The van der Waals surface area contributed by atoms with E-state index in [9.17, 15) is 9.59 Å². The molecular weight excluding hydrogens is 280 g/mol. The first-order valence-electron chi connectivity index (χ1n) is 7.54. The van der Waals surface area contributed by atoms with Crippen molar-refractivity contribution in [1.29, 1.82) is 0 Å². The summed E-state index contributed by atoms with van der Waals surface area (Å²) in [4.78, 5) is 28.8. The van der Waals surface area contributed by atoms with Gasteiger partial charge in [-0.2, -0.15) is 0 Å². The van der Waals surface area contributed by atoms with Gasteiger partial charge in [-0.15, -0.1) is 0 Å². The van der Waals surface area contributed by atoms with Gasteiger partial charge in [-0.25, -0.2) is 0 Å². The van der Waals surface area contributed by atoms with E-state index in [0.29, 0.717) is 30.9 Å². The molecule has 2 aromatic rings. The van der Waals surface area contributed by atoms with E-state index in [0.717, 1.165) is 24.0 Å². The van der Waals surface area contributed by atoms with Crippen LogP contribution in [-0.2, 0) is 16.0 Å². The number of aromatic amines is 1. The molecule has 1 aliphatic rings. The molecule has 0 radical (unpaired) electrons. The second kappa shape index (κ2) is 6.32. The lowest BCUT2D eigenvalue weighted by molar-refractivity contribution is -0.128. The van der Waals surface area contributed by atoms with Crippen LogP contribution in [0.25, 0.3) is 10.9 Å². The largest absolute Gasteiger partial charge is 0.383 e. The van der Waals surface area contributed by atoms with Crippen molar-refractivity contribution in [3.63, 3.8) is 0 Å². The first kappa shape index (κ1) is 14.8. The number of hydrogen-bond acceptors (Lipinski definition) is 3. The van der Waals surface area contributed by atoms with Crippen molar-refractivity contribution in [1.82, 2.24) is 9.88 Å². The van der Waals surface area contributed by atoms with E-state index >= 15 is 0 Å². The monoisotopic (exact) mass is 300 g/mol. The highest BCUT2D eigenvalue weighted by atomic mass is 16.5. The number of ether oxygens (including phenoxy) is 1. The number of benzene rings is 1. The first-order chi connectivity index (χ1) is 10.7. The van der Waals surface area contributed by atoms with Crippen LogP contribution in [0.5, 0.6) is 0 Å². The van der Waals surface area contributed by atoms with E-state index in [2.05, 4.69) is 4.98 Å². The van der Waals surface area contributed by atoms with Gasteiger partial charge in [0.2, 0.25) is 5.91 Å². The molecule has 1 saturated heterocycles. The average Bonchev–Trinajstić information content (AvgIpc) is 2.86. The van der Waals surface area contributed by atoms with Gasteiger partial charge in [-0.3, -0.25) is 9.59 Å². The summed E-state index contributed by atoms with van der Waals surface area (Å²) in [5.74, 6) is 0.505. The van der Waals surface area contributed by atoms with Gasteiger partial charge in [0.1, 0.15) is 0 Å². The van der Waals surface area contributed by atoms with Crippen LogP contribution in [0.15, 0.2) is 35.3 Å². The maximum absolute atomic E-state index is 12.0. The van der Waals surface area contributed by atoms with E-state index in [1.165, 1.54) is 6.07 Å². The second-order valence-electron chi connectivity index (χ2n) is 5.83. The summed E-state index contributed by atoms with van der Waals surface area (Å²) in [5, 5.41) is 0.709. The van der Waals surface area contributed by atoms with Crippen molar-refractivity contribution in [3.05, 3.63) is 46.2 Å². The molecule has 2 heterocycles. The number of pyridine rings is 1. The molecule has 1 aromatic carbocycles. The summed E-state index contributed by atoms with van der Waals surface area (Å²) in [6, 6.07) is 7.44. The molecular formula is C17H20N2O3. The van der Waals surface area contributed by atoms with Gasteiger partial charge >= 0.3 is 0 Å². The number of aromatic nitrogens is 1. The molecule has 5 heteroatoms. The molecule has 0 saturated carbocycles. The smallest absolute Gasteiger partial charge is 0.223 e. The minimum atomic E-state index is 0.0276. The van der Waals surface area contributed by atoms with Gasteiger partial charge < -0.3 is 14.6 Å². The van der Waals surface area contributed by atoms with Crippen LogP contribution in [0.3, 0.4) is 0 Å². The van der Waals surface area contributed by atoms with Crippen molar-refractivity contribution in [3.8, 4) is 0 Å². The van der Waals surface area contributed by atoms with E-state index in [1.807, 2.05) is 23.1 Å². The summed E-state index contributed by atoms with van der Waals surface area (Å²) in [6.45, 7) is 2.00. The first-order valence-corrected chi connectivity index (χ1v) is 7.54. The Bertz CT molecular complexity index is 738. The van der Waals surface area contributed by atoms with Gasteiger partial charge in [0.25, 0.3) is 0 Å². The van der Waals surface area contributed by atoms with E-state index < -0.39 is 0 Å². The standard InChI is InChI=1S/C17H20N2O3/c1-22-7-6-19-11-13(10-17(19)21)8-12-2-3-15-14(9-12)16(20)4-5-18-15/h2-5,9,13H,6-8,10-11H2,1H3,(H,18,20)/t13-/m1/s1. The number of methoxy groups -OCH3 is 1. The summed E-state index contributed by atoms with van der Waals surface area (Å²) >= 11 is 0. The zero-order valence-electron chi connectivity index (χ0n) is 12.7. The van der Waals surface area contributed by atoms with Crippen molar-refractivity contribution in [2.75, 3.05) is 26.8 Å². The lowest BCUT2D eigenvalue weighted by atomic mass is 9.97. The Balaban J connectivity index is 1.73. The Morgan fingerprint density at radius 3 is 3.00 bits per heavy atom. The topological polar surface area (TPSA) is 62.4 Å². The lowest BCUT2D eigenvalue weighted by Gasteiger charge is -2.16. The fourth-order valence-electron chi connectivity index (χ4n) is 3.09. The van der Waals surface area contributed by atoms with Crippen LogP contribution in [-0.4, -0.2) is 42.6 Å². The molecule has 1 aliphatic heterocycles. The highest BCUT2D eigenvalue weighted by Gasteiger charge is 2.29. The third kappa shape index (κ3) is 3.04. The fraction of sp³-hybridized carbons (Fsp3) is 0.412. The Hall–Kier alpha value is -2.14. The summed E-state index contributed by atoms with van der Waals surface area (Å²) in [5.41, 5.74) is 1.98. The molecule has 1 atom stereocenters. The molecule has 116 valence electrons. The molecule has 0 unspecified atom stereocenters. The number of carbonyl (C=O) groups is 1. The number of H-pyrrole nitrogens is 1. The minimum Gasteiger partial charge on any atom is -0.383 e. The predicted octanol–water partition coefficient (Wildman–Crippen LogP) is 1.57. The molecule has 22 heavy (non-hydrogen) atoms. The predicted molar refractivity (Wildman–Crippen MR) is 84.8 cm³/mol. The van der Waals surface area contributed by atoms with Gasteiger partial charge in [0.05, 0.1) is 6.61 Å². The Labute approximate surface area is 128 Å². The molecule has 1 fully saturated rings. The maximum atomic E-state index is 12.0. The van der Waals surface area contributed by atoms with Gasteiger partial charge in [-0.05, 0) is 30.0 Å². The van der Waals surface area contributed by atoms with Crippen LogP contribution in [0.1, 0.15) is 12.0 Å². The third-order valence-electron chi connectivity index (χ3n) is 4.21. The summed E-state index contributed by atoms with van der Waals surface area (Å²) in [7, 11) is 1.64. The molecule has 1 amide bonds. The molecule has 5 nitrogen and oxygen atoms in total. The minimum absolute atomic E-state index is 0.0276. The number of likely N-dealkylation sites (tertiary alicyclic amines) is 1. The van der Waals surface area contributed by atoms with Crippen molar-refractivity contribution in [2.24, 2.45) is 5.92 Å². The van der Waals surface area contributed by atoms with Gasteiger partial charge in [0, 0.05) is 49.8 Å². The van der Waals surface area contributed by atoms with Crippen molar-refractivity contribution >= 4 is 16.8 Å². The van der Waals surface area contributed by atoms with Crippen LogP contribution >= 0.6 is 0 Å². The van der Waals surface area contributed by atoms with E-state index in [-0.39, 0.29) is 11.3 Å². The second-order valence-corrected chi connectivity index (χ2v) is 5.83. The summed E-state index contributed by atoms with van der Waals surface area (Å²) < 4.78 is 5.03. The van der Waals surface area contributed by atoms with Crippen LogP contribution in [0, 0.1) is 5.92 Å². The number of carbonyl (C=O) groups excluding carboxylic acids is 1. The highest BCUT2D eigenvalue weighted by Crippen LogP contribution is 2.23. The van der Waals surface area contributed by atoms with Gasteiger partial charge in [-0.1, -0.05) is 6.07 Å². The Morgan fingerprint density at radius 2 is 2.18 bits per heavy atom. The Morgan fingerprint density at radius 1 is 1.32 bits per heavy atom. The molecule has 0 bridgehead atoms. The number of nitrogens with one attached hydrogen (secondary N) is 1. The lowest BCUT2D eigenvalue weighted by Crippen LogP contribution is -2.28. The number of fused-ring (bicyclic) bond motifs is 1. The molecule has 3 rings (SSSR count). The Kier molecular flexibility index (Phi) is 4.24. The van der Waals surface area contributed by atoms with Crippen LogP contribution in [0.4, 0.5) is 0 Å². The van der Waals surface area contributed by atoms with E-state index in [4.69, 9.17) is 4.74 Å². The summed E-state index contributed by atoms with van der Waals surface area (Å²) in [6.07, 6.45) is 3.06. The maximum Gasteiger partial charge on any atom is 0.223 e. The number of rotatable bonds is 5. The zero-order chi connectivity index (χ0) is 15.5. The quantitative estimate of drug-likeness (QED) is 0.911. The number of amides is 1. The highest BCUT2D eigenvalue weighted by molar-refractivity contribution is 5.80. The molecule has 0 aliphatic carbocycles. The number of nitrogens with zero attached hydrogens (tertiary/aromatic N) is 1. The fourth-order valence-corrected chi connectivity index (χ4v) is 3.09.